The van der Waals surface area contributed by atoms with E-state index in [0.717, 1.165) is 28.0 Å². The van der Waals surface area contributed by atoms with Gasteiger partial charge < -0.3 is 9.47 Å². The molecule has 34 heavy (non-hydrogen) atoms. The molecule has 0 unspecified atom stereocenters. The monoisotopic (exact) mass is 541 g/mol. The number of nitrogens with zero attached hydrogens (tertiary/aromatic N) is 3. The first-order valence-electron chi connectivity index (χ1n) is 9.80. The molecular weight excluding hydrogens is 526 g/mol. The Morgan fingerprint density at radius 3 is 2.65 bits per heavy atom. The SMILES string of the molecule is COc1cc(/C=C2/SC(=O)N(Cc3cccc(Br)c3)C2=O)ccc1Oc1ccc([N+](=O)[O-])cn1. The van der Waals surface area contributed by atoms with Crippen LogP contribution < -0.4 is 9.47 Å². The number of pyridine rings is 1. The summed E-state index contributed by atoms with van der Waals surface area (Å²) in [6.07, 6.45) is 2.71. The highest BCUT2D eigenvalue weighted by Gasteiger charge is 2.35. The van der Waals surface area contributed by atoms with Crippen molar-refractivity contribution in [3.8, 4) is 17.4 Å². The van der Waals surface area contributed by atoms with Gasteiger partial charge in [0.05, 0.1) is 23.5 Å². The van der Waals surface area contributed by atoms with Gasteiger partial charge in [-0.2, -0.15) is 0 Å². The summed E-state index contributed by atoms with van der Waals surface area (Å²) < 4.78 is 11.9. The maximum absolute atomic E-state index is 12.8. The van der Waals surface area contributed by atoms with Gasteiger partial charge in [-0.15, -0.1) is 0 Å². The molecule has 1 aliphatic rings. The minimum absolute atomic E-state index is 0.150. The van der Waals surface area contributed by atoms with Gasteiger partial charge in [0.25, 0.3) is 16.8 Å². The third-order valence-electron chi connectivity index (χ3n) is 4.73. The third kappa shape index (κ3) is 5.26. The molecule has 2 aromatic carbocycles. The average molecular weight is 542 g/mol. The number of hydrogen-bond acceptors (Lipinski definition) is 8. The van der Waals surface area contributed by atoms with E-state index >= 15 is 0 Å². The Labute approximate surface area is 206 Å². The highest BCUT2D eigenvalue weighted by atomic mass is 79.9. The zero-order valence-corrected chi connectivity index (χ0v) is 20.0. The Morgan fingerprint density at radius 2 is 1.97 bits per heavy atom. The second-order valence-electron chi connectivity index (χ2n) is 7.02. The first-order chi connectivity index (χ1) is 16.3. The molecule has 0 spiro atoms. The molecule has 0 aliphatic carbocycles. The van der Waals surface area contributed by atoms with Gasteiger partial charge in [-0.25, -0.2) is 4.98 Å². The first-order valence-corrected chi connectivity index (χ1v) is 11.4. The number of ether oxygens (including phenoxy) is 2. The highest BCUT2D eigenvalue weighted by molar-refractivity contribution is 9.10. The molecule has 11 heteroatoms. The number of benzene rings is 2. The zero-order chi connectivity index (χ0) is 24.2. The Hall–Kier alpha value is -3.70. The van der Waals surface area contributed by atoms with Crippen molar-refractivity contribution in [1.82, 2.24) is 9.88 Å². The third-order valence-corrected chi connectivity index (χ3v) is 6.14. The molecule has 0 radical (unpaired) electrons. The standard InChI is InChI=1S/C23H16BrN3O6S/c1-32-19-10-14(5-7-18(19)33-21-8-6-17(12-25-21)27(30)31)11-20-22(28)26(23(29)34-20)13-15-3-2-4-16(24)9-15/h2-12H,13H2,1H3/b20-11+. The fourth-order valence-electron chi connectivity index (χ4n) is 3.12. The van der Waals surface area contributed by atoms with Gasteiger partial charge in [-0.1, -0.05) is 34.1 Å². The Balaban J connectivity index is 1.52. The molecule has 1 aromatic heterocycles. The molecular formula is C23H16BrN3O6S. The van der Waals surface area contributed by atoms with Gasteiger partial charge >= 0.3 is 0 Å². The molecule has 0 saturated carbocycles. The van der Waals surface area contributed by atoms with Crippen molar-refractivity contribution < 1.29 is 24.0 Å². The lowest BCUT2D eigenvalue weighted by atomic mass is 10.1. The number of methoxy groups -OCH3 is 1. The van der Waals surface area contributed by atoms with Crippen LogP contribution in [0.1, 0.15) is 11.1 Å². The quantitative estimate of drug-likeness (QED) is 0.210. The van der Waals surface area contributed by atoms with E-state index in [1.54, 1.807) is 24.3 Å². The molecule has 9 nitrogen and oxygen atoms in total. The number of halogens is 1. The Morgan fingerprint density at radius 1 is 1.15 bits per heavy atom. The molecule has 1 saturated heterocycles. The van der Waals surface area contributed by atoms with E-state index in [9.17, 15) is 19.7 Å². The Bertz CT molecular complexity index is 1310. The van der Waals surface area contributed by atoms with E-state index in [1.165, 1.54) is 24.1 Å². The van der Waals surface area contributed by atoms with Gasteiger partial charge in [0.1, 0.15) is 6.20 Å². The lowest BCUT2D eigenvalue weighted by Crippen LogP contribution is -2.27. The predicted octanol–water partition coefficient (Wildman–Crippen LogP) is 5.79. The van der Waals surface area contributed by atoms with E-state index < -0.39 is 4.92 Å². The number of nitro groups is 1. The number of thioether (sulfide) groups is 1. The number of amides is 2. The number of imide groups is 1. The number of aromatic nitrogens is 1. The van der Waals surface area contributed by atoms with Gasteiger partial charge in [0.15, 0.2) is 11.5 Å². The van der Waals surface area contributed by atoms with Gasteiger partial charge in [-0.05, 0) is 53.2 Å². The maximum Gasteiger partial charge on any atom is 0.293 e. The van der Waals surface area contributed by atoms with Crippen molar-refractivity contribution in [3.63, 3.8) is 0 Å². The minimum Gasteiger partial charge on any atom is -0.493 e. The Kier molecular flexibility index (Phi) is 6.94. The summed E-state index contributed by atoms with van der Waals surface area (Å²) in [7, 11) is 1.46. The van der Waals surface area contributed by atoms with Crippen LogP contribution in [0.4, 0.5) is 10.5 Å². The number of hydrogen-bond donors (Lipinski definition) is 0. The van der Waals surface area contributed by atoms with Gasteiger partial charge in [-0.3, -0.25) is 24.6 Å². The summed E-state index contributed by atoms with van der Waals surface area (Å²) in [5.41, 5.74) is 1.32. The number of carbonyl (C=O) groups excluding carboxylic acids is 2. The van der Waals surface area contributed by atoms with Crippen molar-refractivity contribution in [2.24, 2.45) is 0 Å². The van der Waals surface area contributed by atoms with Crippen LogP contribution in [-0.4, -0.2) is 33.1 Å². The summed E-state index contributed by atoms with van der Waals surface area (Å²) in [5, 5.41) is 10.4. The van der Waals surface area contributed by atoms with Crippen LogP contribution in [0, 0.1) is 10.1 Å². The van der Waals surface area contributed by atoms with E-state index in [-0.39, 0.29) is 29.3 Å². The van der Waals surface area contributed by atoms with Crippen LogP contribution in [0.25, 0.3) is 6.08 Å². The van der Waals surface area contributed by atoms with Crippen molar-refractivity contribution in [1.29, 1.82) is 0 Å². The largest absolute Gasteiger partial charge is 0.493 e. The number of carbonyl (C=O) groups is 2. The van der Waals surface area contributed by atoms with Crippen molar-refractivity contribution in [2.45, 2.75) is 6.54 Å². The normalized spacial score (nSPS) is 14.5. The molecule has 0 bridgehead atoms. The van der Waals surface area contributed by atoms with Gasteiger partial charge in [0.2, 0.25) is 5.88 Å². The molecule has 2 heterocycles. The summed E-state index contributed by atoms with van der Waals surface area (Å²) in [5.74, 6) is 0.487. The molecule has 2 amide bonds. The van der Waals surface area contributed by atoms with E-state index in [1.807, 2.05) is 24.3 Å². The van der Waals surface area contributed by atoms with Crippen LogP contribution >= 0.6 is 27.7 Å². The van der Waals surface area contributed by atoms with Crippen LogP contribution in [0.5, 0.6) is 17.4 Å². The van der Waals surface area contributed by atoms with E-state index in [0.29, 0.717) is 22.0 Å². The maximum atomic E-state index is 12.8. The zero-order valence-electron chi connectivity index (χ0n) is 17.6. The topological polar surface area (TPSA) is 112 Å². The van der Waals surface area contributed by atoms with Crippen LogP contribution in [0.2, 0.25) is 0 Å². The highest BCUT2D eigenvalue weighted by Crippen LogP contribution is 2.36. The molecule has 3 aromatic rings. The van der Waals surface area contributed by atoms with E-state index in [2.05, 4.69) is 20.9 Å². The van der Waals surface area contributed by atoms with E-state index in [4.69, 9.17) is 9.47 Å². The number of rotatable bonds is 7. The van der Waals surface area contributed by atoms with Crippen LogP contribution in [0.3, 0.4) is 0 Å². The average Bonchev–Trinajstić information content (AvgIpc) is 3.07. The van der Waals surface area contributed by atoms with Crippen molar-refractivity contribution in [2.75, 3.05) is 7.11 Å². The predicted molar refractivity (Wildman–Crippen MR) is 130 cm³/mol. The summed E-state index contributed by atoms with van der Waals surface area (Å²) in [6, 6.07) is 15.1. The summed E-state index contributed by atoms with van der Waals surface area (Å²) in [6.45, 7) is 0.180. The molecule has 172 valence electrons. The molecule has 1 fully saturated rings. The second kappa shape index (κ2) is 10.1. The lowest BCUT2D eigenvalue weighted by molar-refractivity contribution is -0.385. The smallest absolute Gasteiger partial charge is 0.293 e. The van der Waals surface area contributed by atoms with Crippen molar-refractivity contribution in [3.05, 3.63) is 91.4 Å². The summed E-state index contributed by atoms with van der Waals surface area (Å²) in [4.78, 5) is 40.9. The molecule has 1 aliphatic heterocycles. The molecule has 0 N–H and O–H groups in total. The van der Waals surface area contributed by atoms with Crippen LogP contribution in [-0.2, 0) is 11.3 Å². The second-order valence-corrected chi connectivity index (χ2v) is 8.93. The molecule has 4 rings (SSSR count). The fourth-order valence-corrected chi connectivity index (χ4v) is 4.40. The van der Waals surface area contributed by atoms with Gasteiger partial charge in [0, 0.05) is 16.6 Å². The van der Waals surface area contributed by atoms with Crippen LogP contribution in [0.15, 0.2) is 70.2 Å². The first kappa shape index (κ1) is 23.5. The molecule has 0 atom stereocenters. The summed E-state index contributed by atoms with van der Waals surface area (Å²) >= 11 is 4.26. The fraction of sp³-hybridized carbons (Fsp3) is 0.0870. The van der Waals surface area contributed by atoms with Crippen molar-refractivity contribution >= 4 is 50.6 Å². The minimum atomic E-state index is -0.549. The lowest BCUT2D eigenvalue weighted by Gasteiger charge is -2.12.